The summed E-state index contributed by atoms with van der Waals surface area (Å²) in [5.41, 5.74) is 1.86. The smallest absolute Gasteiger partial charge is 0.128 e. The number of ether oxygens (including phenoxy) is 1. The average Bonchev–Trinajstić information content (AvgIpc) is 2.64. The number of benzene rings is 1. The maximum absolute atomic E-state index is 10.9. The number of hydrogen-bond donors (Lipinski definition) is 1. The van der Waals surface area contributed by atoms with Crippen molar-refractivity contribution in [2.45, 2.75) is 77.2 Å². The highest BCUT2D eigenvalue weighted by Gasteiger charge is 2.26. The number of aromatic hydroxyl groups is 1. The van der Waals surface area contributed by atoms with Gasteiger partial charge in [-0.05, 0) is 49.1 Å². The van der Waals surface area contributed by atoms with Crippen LogP contribution in [-0.2, 0) is 0 Å². The number of nitrogens with zero attached hydrogens (tertiary/aromatic N) is 1. The van der Waals surface area contributed by atoms with Crippen LogP contribution in [0.2, 0.25) is 0 Å². The Morgan fingerprint density at radius 2 is 1.80 bits per heavy atom. The van der Waals surface area contributed by atoms with E-state index in [-0.39, 0.29) is 0 Å². The predicted molar refractivity (Wildman–Crippen MR) is 104 cm³/mol. The van der Waals surface area contributed by atoms with Crippen molar-refractivity contribution in [1.82, 2.24) is 0 Å². The highest BCUT2D eigenvalue weighted by atomic mass is 16.5. The zero-order valence-corrected chi connectivity index (χ0v) is 16.0. The van der Waals surface area contributed by atoms with Crippen molar-refractivity contribution < 1.29 is 9.84 Å². The van der Waals surface area contributed by atoms with Crippen LogP contribution in [0.25, 0.3) is 0 Å². The van der Waals surface area contributed by atoms with Crippen molar-refractivity contribution >= 4 is 6.21 Å². The van der Waals surface area contributed by atoms with Crippen LogP contribution in [0.5, 0.6) is 11.5 Å². The number of rotatable bonds is 4. The summed E-state index contributed by atoms with van der Waals surface area (Å²) in [5, 5.41) is 10.9. The van der Waals surface area contributed by atoms with Gasteiger partial charge in [-0.25, -0.2) is 0 Å². The summed E-state index contributed by atoms with van der Waals surface area (Å²) in [5.74, 6) is 3.02. The molecule has 0 radical (unpaired) electrons. The first-order valence-corrected chi connectivity index (χ1v) is 10.0. The summed E-state index contributed by atoms with van der Waals surface area (Å²) in [4.78, 5) is 4.87. The molecule has 0 heterocycles. The quantitative estimate of drug-likeness (QED) is 0.713. The molecule has 2 aliphatic rings. The van der Waals surface area contributed by atoms with E-state index in [2.05, 4.69) is 13.8 Å². The third-order valence-electron chi connectivity index (χ3n) is 6.49. The molecule has 1 aromatic rings. The van der Waals surface area contributed by atoms with Gasteiger partial charge in [0.1, 0.15) is 11.5 Å². The van der Waals surface area contributed by atoms with Gasteiger partial charge in [-0.3, -0.25) is 4.99 Å². The number of aliphatic imine (C=N–C) groups is 1. The van der Waals surface area contributed by atoms with Crippen LogP contribution in [0.3, 0.4) is 0 Å². The Morgan fingerprint density at radius 3 is 2.52 bits per heavy atom. The van der Waals surface area contributed by atoms with Crippen molar-refractivity contribution in [2.24, 2.45) is 16.8 Å². The van der Waals surface area contributed by atoms with Crippen molar-refractivity contribution in [2.75, 3.05) is 7.11 Å². The van der Waals surface area contributed by atoms with Gasteiger partial charge in [-0.15, -0.1) is 0 Å². The Bertz CT molecular complexity index is 604. The number of hydrogen-bond acceptors (Lipinski definition) is 3. The lowest BCUT2D eigenvalue weighted by molar-refractivity contribution is 0.242. The standard InChI is InChI=1S/C22H33NO2/c1-15-8-7-11-21(16(15)2)23-14-18-12-19(25-3)13-20(22(18)24)17-9-5-4-6-10-17/h12-17,21,24H,4-11H2,1-3H3. The Morgan fingerprint density at radius 1 is 1.04 bits per heavy atom. The highest BCUT2D eigenvalue weighted by Crippen LogP contribution is 2.40. The van der Waals surface area contributed by atoms with Gasteiger partial charge in [-0.1, -0.05) is 46.0 Å². The van der Waals surface area contributed by atoms with E-state index < -0.39 is 0 Å². The van der Waals surface area contributed by atoms with E-state index in [1.807, 2.05) is 18.3 Å². The molecule has 0 amide bonds. The Kier molecular flexibility index (Phi) is 6.03. The number of phenols is 1. The molecular formula is C22H33NO2. The van der Waals surface area contributed by atoms with E-state index in [0.29, 0.717) is 23.6 Å². The highest BCUT2D eigenvalue weighted by molar-refractivity contribution is 5.85. The van der Waals surface area contributed by atoms with Gasteiger partial charge in [0, 0.05) is 17.3 Å². The van der Waals surface area contributed by atoms with E-state index in [0.717, 1.165) is 42.1 Å². The van der Waals surface area contributed by atoms with Crippen LogP contribution in [0.4, 0.5) is 0 Å². The molecule has 0 aromatic heterocycles. The second-order valence-corrected chi connectivity index (χ2v) is 8.10. The third kappa shape index (κ3) is 4.19. The fourth-order valence-electron chi connectivity index (χ4n) is 4.53. The van der Waals surface area contributed by atoms with Crippen LogP contribution < -0.4 is 4.74 Å². The fourth-order valence-corrected chi connectivity index (χ4v) is 4.53. The van der Waals surface area contributed by atoms with Crippen molar-refractivity contribution in [3.8, 4) is 11.5 Å². The molecule has 0 aliphatic heterocycles. The topological polar surface area (TPSA) is 41.8 Å². The van der Waals surface area contributed by atoms with Gasteiger partial charge in [0.05, 0.1) is 13.2 Å². The molecular weight excluding hydrogens is 310 g/mol. The van der Waals surface area contributed by atoms with Gasteiger partial charge >= 0.3 is 0 Å². The zero-order chi connectivity index (χ0) is 17.8. The lowest BCUT2D eigenvalue weighted by Crippen LogP contribution is -2.27. The lowest BCUT2D eigenvalue weighted by atomic mass is 9.78. The summed E-state index contributed by atoms with van der Waals surface area (Å²) in [7, 11) is 1.70. The van der Waals surface area contributed by atoms with Gasteiger partial charge in [0.2, 0.25) is 0 Å². The first kappa shape index (κ1) is 18.3. The maximum Gasteiger partial charge on any atom is 0.128 e. The minimum absolute atomic E-state index is 0.368. The van der Waals surface area contributed by atoms with E-state index in [9.17, 15) is 5.11 Å². The van der Waals surface area contributed by atoms with Crippen LogP contribution in [0.15, 0.2) is 17.1 Å². The second-order valence-electron chi connectivity index (χ2n) is 8.10. The van der Waals surface area contributed by atoms with Crippen LogP contribution in [0.1, 0.15) is 82.3 Å². The largest absolute Gasteiger partial charge is 0.507 e. The molecule has 0 spiro atoms. The molecule has 0 bridgehead atoms. The van der Waals surface area contributed by atoms with Gasteiger partial charge in [0.25, 0.3) is 0 Å². The summed E-state index contributed by atoms with van der Waals surface area (Å²) in [6.45, 7) is 4.64. The van der Waals surface area contributed by atoms with Crippen LogP contribution in [0, 0.1) is 11.8 Å². The maximum atomic E-state index is 10.9. The molecule has 3 unspecified atom stereocenters. The average molecular weight is 344 g/mol. The molecule has 2 fully saturated rings. The minimum atomic E-state index is 0.368. The summed E-state index contributed by atoms with van der Waals surface area (Å²) < 4.78 is 5.50. The fraction of sp³-hybridized carbons (Fsp3) is 0.682. The molecule has 1 aromatic carbocycles. The van der Waals surface area contributed by atoms with E-state index >= 15 is 0 Å². The monoisotopic (exact) mass is 343 g/mol. The normalized spacial score (nSPS) is 28.4. The second kappa shape index (κ2) is 8.25. The summed E-state index contributed by atoms with van der Waals surface area (Å²) in [6.07, 6.45) is 11.8. The van der Waals surface area contributed by atoms with E-state index in [4.69, 9.17) is 9.73 Å². The Labute approximate surface area is 152 Å². The Balaban J connectivity index is 1.85. The molecule has 25 heavy (non-hydrogen) atoms. The molecule has 3 heteroatoms. The summed E-state index contributed by atoms with van der Waals surface area (Å²) >= 11 is 0. The molecule has 1 N–H and O–H groups in total. The van der Waals surface area contributed by atoms with Crippen LogP contribution in [-0.4, -0.2) is 24.5 Å². The molecule has 2 aliphatic carbocycles. The van der Waals surface area contributed by atoms with Gasteiger partial charge in [-0.2, -0.15) is 0 Å². The predicted octanol–water partition coefficient (Wildman–Crippen LogP) is 5.69. The van der Waals surface area contributed by atoms with Crippen LogP contribution >= 0.6 is 0 Å². The molecule has 2 saturated carbocycles. The molecule has 3 rings (SSSR count). The molecule has 3 atom stereocenters. The SMILES string of the molecule is COc1cc(C=NC2CCCC(C)C2C)c(O)c(C2CCCCC2)c1. The number of phenolic OH excluding ortho intramolecular Hbond substituents is 1. The molecule has 138 valence electrons. The van der Waals surface area contributed by atoms with Crippen molar-refractivity contribution in [1.29, 1.82) is 0 Å². The summed E-state index contributed by atoms with van der Waals surface area (Å²) in [6, 6.07) is 4.31. The third-order valence-corrected chi connectivity index (χ3v) is 6.49. The molecule has 0 saturated heterocycles. The lowest BCUT2D eigenvalue weighted by Gasteiger charge is -2.31. The van der Waals surface area contributed by atoms with Crippen molar-refractivity contribution in [3.05, 3.63) is 23.3 Å². The first-order chi connectivity index (χ1) is 12.1. The number of methoxy groups -OCH3 is 1. The van der Waals surface area contributed by atoms with Gasteiger partial charge in [0.15, 0.2) is 0 Å². The van der Waals surface area contributed by atoms with Gasteiger partial charge < -0.3 is 9.84 Å². The Hall–Kier alpha value is -1.51. The minimum Gasteiger partial charge on any atom is -0.507 e. The van der Waals surface area contributed by atoms with E-state index in [1.165, 1.54) is 32.1 Å². The molecule has 3 nitrogen and oxygen atoms in total. The van der Waals surface area contributed by atoms with Crippen molar-refractivity contribution in [3.63, 3.8) is 0 Å². The zero-order valence-electron chi connectivity index (χ0n) is 16.0. The van der Waals surface area contributed by atoms with E-state index in [1.54, 1.807) is 7.11 Å². The first-order valence-electron chi connectivity index (χ1n) is 10.0.